The van der Waals surface area contributed by atoms with Crippen LogP contribution in [0.15, 0.2) is 15.9 Å². The number of carbonyl (C=O) groups is 1. The van der Waals surface area contributed by atoms with Gasteiger partial charge in [-0.1, -0.05) is 6.92 Å². The average Bonchev–Trinajstić information content (AvgIpc) is 2.58. The minimum Gasteiger partial charge on any atom is -0.355 e. The second kappa shape index (κ2) is 3.66. The van der Waals surface area contributed by atoms with Gasteiger partial charge in [0.05, 0.1) is 3.79 Å². The summed E-state index contributed by atoms with van der Waals surface area (Å²) >= 11 is 5.23. The monoisotopic (exact) mass is 273 g/mol. The number of thiophene rings is 1. The van der Waals surface area contributed by atoms with Crippen molar-refractivity contribution in [1.82, 2.24) is 5.32 Å². The van der Waals surface area contributed by atoms with Crippen LogP contribution in [0.2, 0.25) is 0 Å². The Balaban J connectivity index is 2.20. The zero-order valence-corrected chi connectivity index (χ0v) is 10.4. The quantitative estimate of drug-likeness (QED) is 0.838. The number of nitrogens with one attached hydrogen (secondary N) is 1. The van der Waals surface area contributed by atoms with Crippen molar-refractivity contribution in [1.29, 1.82) is 0 Å². The Bertz CT molecular complexity index is 351. The Morgan fingerprint density at radius 3 is 2.86 bits per heavy atom. The fourth-order valence-electron chi connectivity index (χ4n) is 1.71. The van der Waals surface area contributed by atoms with Crippen molar-refractivity contribution in [3.8, 4) is 0 Å². The molecule has 1 amide bonds. The van der Waals surface area contributed by atoms with E-state index < -0.39 is 0 Å². The molecule has 1 saturated heterocycles. The molecule has 1 N–H and O–H groups in total. The first kappa shape index (κ1) is 10.2. The van der Waals surface area contributed by atoms with Crippen LogP contribution in [0.1, 0.15) is 24.6 Å². The lowest BCUT2D eigenvalue weighted by molar-refractivity contribution is -0.123. The van der Waals surface area contributed by atoms with Gasteiger partial charge in [-0.3, -0.25) is 4.79 Å². The van der Waals surface area contributed by atoms with Gasteiger partial charge in [-0.25, -0.2) is 0 Å². The van der Waals surface area contributed by atoms with E-state index in [1.54, 1.807) is 11.3 Å². The summed E-state index contributed by atoms with van der Waals surface area (Å²) in [5.74, 6) is 0.179. The fourth-order valence-corrected chi connectivity index (χ4v) is 3.27. The third-order valence-corrected chi connectivity index (χ3v) is 4.68. The molecule has 2 rings (SSSR count). The van der Waals surface area contributed by atoms with Crippen molar-refractivity contribution in [2.45, 2.75) is 25.2 Å². The number of carbonyl (C=O) groups excluding carboxylic acids is 1. The summed E-state index contributed by atoms with van der Waals surface area (Å²) in [4.78, 5) is 12.4. The Hall–Kier alpha value is -0.350. The molecule has 1 unspecified atom stereocenters. The maximum absolute atomic E-state index is 11.1. The first-order chi connectivity index (χ1) is 6.60. The Morgan fingerprint density at radius 2 is 2.36 bits per heavy atom. The minimum absolute atomic E-state index is 0.130. The molecule has 2 nitrogen and oxygen atoms in total. The zero-order chi connectivity index (χ0) is 10.2. The molecular formula is C10H12BrNOS. The lowest BCUT2D eigenvalue weighted by Crippen LogP contribution is -2.43. The van der Waals surface area contributed by atoms with Crippen LogP contribution < -0.4 is 5.32 Å². The Labute approximate surface area is 95.8 Å². The summed E-state index contributed by atoms with van der Waals surface area (Å²) in [6.45, 7) is 2.98. The smallest absolute Gasteiger partial charge is 0.220 e. The van der Waals surface area contributed by atoms with Crippen LogP contribution in [0, 0.1) is 0 Å². The predicted molar refractivity (Wildman–Crippen MR) is 61.6 cm³/mol. The summed E-state index contributed by atoms with van der Waals surface area (Å²) < 4.78 is 1.16. The van der Waals surface area contributed by atoms with E-state index in [1.807, 2.05) is 0 Å². The van der Waals surface area contributed by atoms with Crippen molar-refractivity contribution in [3.05, 3.63) is 20.8 Å². The molecule has 0 bridgehead atoms. The lowest BCUT2D eigenvalue weighted by atomic mass is 9.81. The molecule has 4 heteroatoms. The molecule has 1 atom stereocenters. The molecule has 0 radical (unpaired) electrons. The van der Waals surface area contributed by atoms with Gasteiger partial charge in [0.2, 0.25) is 5.91 Å². The van der Waals surface area contributed by atoms with Gasteiger partial charge in [-0.05, 0) is 34.5 Å². The largest absolute Gasteiger partial charge is 0.355 e. The minimum atomic E-state index is 0.130. The topological polar surface area (TPSA) is 29.1 Å². The number of amides is 1. The van der Waals surface area contributed by atoms with E-state index in [2.05, 4.69) is 40.3 Å². The average molecular weight is 274 g/mol. The summed E-state index contributed by atoms with van der Waals surface area (Å²) in [5.41, 5.74) is 0.130. The van der Waals surface area contributed by atoms with Crippen LogP contribution in [0.3, 0.4) is 0 Å². The summed E-state index contributed by atoms with van der Waals surface area (Å²) in [7, 11) is 0. The lowest BCUT2D eigenvalue weighted by Gasteiger charge is -2.32. The van der Waals surface area contributed by atoms with E-state index in [9.17, 15) is 4.79 Å². The summed E-state index contributed by atoms with van der Waals surface area (Å²) in [6, 6.07) is 4.22. The third kappa shape index (κ3) is 1.86. The molecular weight excluding hydrogens is 262 g/mol. The maximum atomic E-state index is 11.1. The van der Waals surface area contributed by atoms with Gasteiger partial charge in [0.15, 0.2) is 0 Å². The molecule has 14 heavy (non-hydrogen) atoms. The fraction of sp³-hybridized carbons (Fsp3) is 0.500. The van der Waals surface area contributed by atoms with E-state index in [1.165, 1.54) is 4.88 Å². The first-order valence-corrected chi connectivity index (χ1v) is 6.24. The van der Waals surface area contributed by atoms with Crippen LogP contribution >= 0.6 is 27.3 Å². The number of hydrogen-bond donors (Lipinski definition) is 1. The van der Waals surface area contributed by atoms with E-state index in [-0.39, 0.29) is 11.3 Å². The zero-order valence-electron chi connectivity index (χ0n) is 7.97. The molecule has 0 aromatic carbocycles. The number of rotatable bonds is 1. The van der Waals surface area contributed by atoms with Crippen molar-refractivity contribution in [3.63, 3.8) is 0 Å². The van der Waals surface area contributed by atoms with Crippen LogP contribution in [0.5, 0.6) is 0 Å². The number of hydrogen-bond acceptors (Lipinski definition) is 2. The van der Waals surface area contributed by atoms with Crippen molar-refractivity contribution in [2.75, 3.05) is 6.54 Å². The van der Waals surface area contributed by atoms with Crippen molar-refractivity contribution >= 4 is 33.2 Å². The highest BCUT2D eigenvalue weighted by Gasteiger charge is 2.32. The van der Waals surface area contributed by atoms with Crippen LogP contribution in [0.4, 0.5) is 0 Å². The van der Waals surface area contributed by atoms with E-state index >= 15 is 0 Å². The third-order valence-electron chi connectivity index (χ3n) is 2.75. The van der Waals surface area contributed by atoms with Gasteiger partial charge in [-0.2, -0.15) is 0 Å². The maximum Gasteiger partial charge on any atom is 0.220 e. The Morgan fingerprint density at radius 1 is 1.57 bits per heavy atom. The molecule has 0 saturated carbocycles. The standard InChI is InChI=1S/C10H12BrNOS/c1-10(5-4-9(13)12-6-10)7-2-3-8(11)14-7/h2-3H,4-6H2,1H3,(H,12,13). The van der Waals surface area contributed by atoms with Gasteiger partial charge in [0, 0.05) is 23.3 Å². The molecule has 1 aromatic rings. The highest BCUT2D eigenvalue weighted by molar-refractivity contribution is 9.11. The molecule has 1 fully saturated rings. The molecule has 2 heterocycles. The number of piperidine rings is 1. The van der Waals surface area contributed by atoms with Gasteiger partial charge in [0.1, 0.15) is 0 Å². The van der Waals surface area contributed by atoms with E-state index in [0.717, 1.165) is 16.8 Å². The summed E-state index contributed by atoms with van der Waals surface area (Å²) in [5, 5.41) is 2.93. The molecule has 1 aliphatic heterocycles. The van der Waals surface area contributed by atoms with Gasteiger partial charge >= 0.3 is 0 Å². The molecule has 1 aromatic heterocycles. The van der Waals surface area contributed by atoms with E-state index in [0.29, 0.717) is 6.42 Å². The highest BCUT2D eigenvalue weighted by atomic mass is 79.9. The summed E-state index contributed by atoms with van der Waals surface area (Å²) in [6.07, 6.45) is 1.60. The molecule has 0 spiro atoms. The van der Waals surface area contributed by atoms with Gasteiger partial charge < -0.3 is 5.32 Å². The molecule has 0 aliphatic carbocycles. The van der Waals surface area contributed by atoms with Gasteiger partial charge in [-0.15, -0.1) is 11.3 Å². The van der Waals surface area contributed by atoms with Crippen molar-refractivity contribution in [2.24, 2.45) is 0 Å². The Kier molecular flexibility index (Phi) is 2.66. The van der Waals surface area contributed by atoms with Crippen LogP contribution in [0.25, 0.3) is 0 Å². The molecule has 76 valence electrons. The second-order valence-electron chi connectivity index (χ2n) is 3.94. The highest BCUT2D eigenvalue weighted by Crippen LogP contribution is 2.37. The van der Waals surface area contributed by atoms with Crippen LogP contribution in [-0.2, 0) is 10.2 Å². The van der Waals surface area contributed by atoms with Crippen molar-refractivity contribution < 1.29 is 4.79 Å². The normalized spacial score (nSPS) is 27.4. The molecule has 1 aliphatic rings. The first-order valence-electron chi connectivity index (χ1n) is 4.63. The second-order valence-corrected chi connectivity index (χ2v) is 6.40. The van der Waals surface area contributed by atoms with Crippen LogP contribution in [-0.4, -0.2) is 12.5 Å². The van der Waals surface area contributed by atoms with Gasteiger partial charge in [0.25, 0.3) is 0 Å². The predicted octanol–water partition coefficient (Wildman–Crippen LogP) is 2.68. The SMILES string of the molecule is CC1(c2ccc(Br)s2)CCC(=O)NC1. The number of halogens is 1. The van der Waals surface area contributed by atoms with E-state index in [4.69, 9.17) is 0 Å².